The van der Waals surface area contributed by atoms with Gasteiger partial charge < -0.3 is 0 Å². The molecule has 0 aromatic carbocycles. The molecule has 0 N–H and O–H groups in total. The van der Waals surface area contributed by atoms with E-state index in [0.29, 0.717) is 0 Å². The molecule has 0 fully saturated rings. The second-order valence-corrected chi connectivity index (χ2v) is 13.5. The van der Waals surface area contributed by atoms with Gasteiger partial charge in [0.2, 0.25) is 0 Å². The van der Waals surface area contributed by atoms with Crippen molar-refractivity contribution in [3.63, 3.8) is 0 Å². The Labute approximate surface area is 255 Å². The normalized spacial score (nSPS) is 13.1. The van der Waals surface area contributed by atoms with Crippen molar-refractivity contribution >= 4 is 12.6 Å². The SMILES string of the molecule is C=C(CCCCCCCCCCCCCCCCCCCCCCC)C(CCC)CCC(CS)CCCCC. The van der Waals surface area contributed by atoms with Gasteiger partial charge in [0.15, 0.2) is 0 Å². The summed E-state index contributed by atoms with van der Waals surface area (Å²) in [4.78, 5) is 0. The second-order valence-electron chi connectivity index (χ2n) is 13.1. The highest BCUT2D eigenvalue weighted by Gasteiger charge is 2.15. The highest BCUT2D eigenvalue weighted by atomic mass is 32.1. The molecule has 1 heteroatoms. The van der Waals surface area contributed by atoms with Gasteiger partial charge in [-0.05, 0) is 56.1 Å². The Hall–Kier alpha value is 0.0900. The van der Waals surface area contributed by atoms with E-state index in [-0.39, 0.29) is 0 Å². The number of hydrogen-bond donors (Lipinski definition) is 1. The van der Waals surface area contributed by atoms with Crippen LogP contribution < -0.4 is 0 Å². The third-order valence-electron chi connectivity index (χ3n) is 9.21. The molecule has 0 aliphatic rings. The number of rotatable bonds is 33. The molecule has 0 radical (unpaired) electrons. The smallest absolute Gasteiger partial charge is 0.00695 e. The largest absolute Gasteiger partial charge is 0.179 e. The monoisotopic (exact) mass is 565 g/mol. The fraction of sp³-hybridized carbons (Fsp3) is 0.947. The molecule has 0 nitrogen and oxygen atoms in total. The summed E-state index contributed by atoms with van der Waals surface area (Å²) in [7, 11) is 0. The van der Waals surface area contributed by atoms with Crippen molar-refractivity contribution in [1.82, 2.24) is 0 Å². The molecule has 0 amide bonds. The van der Waals surface area contributed by atoms with Gasteiger partial charge in [0.1, 0.15) is 0 Å². The third kappa shape index (κ3) is 28.0. The molecular formula is C38H76S. The highest BCUT2D eigenvalue weighted by molar-refractivity contribution is 7.80. The average molecular weight is 565 g/mol. The van der Waals surface area contributed by atoms with Crippen molar-refractivity contribution < 1.29 is 0 Å². The lowest BCUT2D eigenvalue weighted by Gasteiger charge is -2.22. The van der Waals surface area contributed by atoms with Gasteiger partial charge in [0, 0.05) is 0 Å². The van der Waals surface area contributed by atoms with Crippen molar-refractivity contribution in [3.05, 3.63) is 12.2 Å². The Balaban J connectivity index is 3.53. The second kappa shape index (κ2) is 32.6. The van der Waals surface area contributed by atoms with E-state index in [9.17, 15) is 0 Å². The van der Waals surface area contributed by atoms with Crippen LogP contribution in [0.5, 0.6) is 0 Å². The van der Waals surface area contributed by atoms with E-state index >= 15 is 0 Å². The summed E-state index contributed by atoms with van der Waals surface area (Å²) in [5, 5.41) is 0. The van der Waals surface area contributed by atoms with Crippen molar-refractivity contribution in [2.75, 3.05) is 5.75 Å². The van der Waals surface area contributed by atoms with Crippen molar-refractivity contribution in [2.24, 2.45) is 11.8 Å². The van der Waals surface area contributed by atoms with Crippen LogP contribution in [0.4, 0.5) is 0 Å². The Kier molecular flexibility index (Phi) is 32.7. The van der Waals surface area contributed by atoms with E-state index in [1.165, 1.54) is 193 Å². The Morgan fingerprint density at radius 3 is 1.21 bits per heavy atom. The summed E-state index contributed by atoms with van der Waals surface area (Å²) in [5.74, 6) is 2.64. The molecule has 0 bridgehead atoms. The van der Waals surface area contributed by atoms with Gasteiger partial charge in [-0.2, -0.15) is 12.6 Å². The molecule has 0 saturated carbocycles. The number of allylic oxidation sites excluding steroid dienone is 1. The van der Waals surface area contributed by atoms with Crippen LogP contribution in [0, 0.1) is 11.8 Å². The maximum atomic E-state index is 4.65. The minimum Gasteiger partial charge on any atom is -0.179 e. The maximum absolute atomic E-state index is 4.65. The van der Waals surface area contributed by atoms with Gasteiger partial charge in [0.05, 0.1) is 0 Å². The lowest BCUT2D eigenvalue weighted by Crippen LogP contribution is -2.09. The van der Waals surface area contributed by atoms with E-state index in [1.54, 1.807) is 5.57 Å². The number of unbranched alkanes of at least 4 members (excludes halogenated alkanes) is 22. The van der Waals surface area contributed by atoms with Gasteiger partial charge in [-0.15, -0.1) is 0 Å². The van der Waals surface area contributed by atoms with Crippen molar-refractivity contribution in [3.8, 4) is 0 Å². The lowest BCUT2D eigenvalue weighted by atomic mass is 9.84. The van der Waals surface area contributed by atoms with Crippen LogP contribution >= 0.6 is 12.6 Å². The topological polar surface area (TPSA) is 0 Å². The van der Waals surface area contributed by atoms with Crippen LogP contribution in [0.25, 0.3) is 0 Å². The van der Waals surface area contributed by atoms with E-state index in [2.05, 4.69) is 40.0 Å². The summed E-state index contributed by atoms with van der Waals surface area (Å²) in [5.41, 5.74) is 1.56. The molecule has 39 heavy (non-hydrogen) atoms. The standard InChI is InChI=1S/C38H76S/c1-5-8-10-11-12-13-14-15-16-17-18-19-20-21-22-23-24-25-26-27-29-31-36(4)38(30-7-3)34-33-37(35-39)32-28-9-6-2/h37-39H,4-35H2,1-3H3. The lowest BCUT2D eigenvalue weighted by molar-refractivity contribution is 0.395. The van der Waals surface area contributed by atoms with Crippen LogP contribution in [-0.4, -0.2) is 5.75 Å². The van der Waals surface area contributed by atoms with Crippen LogP contribution in [0.1, 0.15) is 213 Å². The summed E-state index contributed by atoms with van der Waals surface area (Å²) in [6.07, 6.45) is 42.7. The zero-order valence-electron chi connectivity index (χ0n) is 27.7. The zero-order valence-corrected chi connectivity index (χ0v) is 28.6. The maximum Gasteiger partial charge on any atom is -0.00695 e. The van der Waals surface area contributed by atoms with Gasteiger partial charge >= 0.3 is 0 Å². The first-order valence-corrected chi connectivity index (χ1v) is 19.1. The summed E-state index contributed by atoms with van der Waals surface area (Å²) in [6.45, 7) is 11.5. The molecule has 0 aromatic heterocycles. The fourth-order valence-electron chi connectivity index (χ4n) is 6.34. The molecule has 0 aromatic rings. The first-order chi connectivity index (χ1) is 19.2. The first-order valence-electron chi connectivity index (χ1n) is 18.5. The van der Waals surface area contributed by atoms with Crippen LogP contribution in [0.3, 0.4) is 0 Å². The number of thiol groups is 1. The average Bonchev–Trinajstić information content (AvgIpc) is 2.94. The minimum absolute atomic E-state index is 0.758. The quantitative estimate of drug-likeness (QED) is 0.0457. The van der Waals surface area contributed by atoms with Crippen molar-refractivity contribution in [1.29, 1.82) is 0 Å². The molecule has 0 rings (SSSR count). The van der Waals surface area contributed by atoms with Gasteiger partial charge in [-0.3, -0.25) is 0 Å². The number of hydrogen-bond acceptors (Lipinski definition) is 1. The fourth-order valence-corrected chi connectivity index (χ4v) is 6.70. The molecule has 0 spiro atoms. The van der Waals surface area contributed by atoms with E-state index in [4.69, 9.17) is 0 Å². The van der Waals surface area contributed by atoms with E-state index < -0.39 is 0 Å². The summed E-state index contributed by atoms with van der Waals surface area (Å²) < 4.78 is 0. The molecule has 234 valence electrons. The Morgan fingerprint density at radius 1 is 0.436 bits per heavy atom. The van der Waals surface area contributed by atoms with Crippen LogP contribution in [0.2, 0.25) is 0 Å². The molecule has 0 saturated heterocycles. The molecular weight excluding hydrogens is 488 g/mol. The molecule has 0 heterocycles. The molecule has 0 aliphatic carbocycles. The minimum atomic E-state index is 0.758. The Bertz CT molecular complexity index is 469. The Morgan fingerprint density at radius 2 is 0.821 bits per heavy atom. The van der Waals surface area contributed by atoms with Crippen molar-refractivity contribution in [2.45, 2.75) is 213 Å². The predicted molar refractivity (Wildman–Crippen MR) is 186 cm³/mol. The van der Waals surface area contributed by atoms with E-state index in [0.717, 1.165) is 17.6 Å². The van der Waals surface area contributed by atoms with Gasteiger partial charge in [-0.1, -0.05) is 187 Å². The van der Waals surface area contributed by atoms with Gasteiger partial charge in [0.25, 0.3) is 0 Å². The molecule has 2 atom stereocenters. The van der Waals surface area contributed by atoms with Crippen LogP contribution in [-0.2, 0) is 0 Å². The first kappa shape index (κ1) is 39.1. The van der Waals surface area contributed by atoms with E-state index in [1.807, 2.05) is 0 Å². The summed E-state index contributed by atoms with van der Waals surface area (Å²) >= 11 is 4.65. The highest BCUT2D eigenvalue weighted by Crippen LogP contribution is 2.29. The summed E-state index contributed by atoms with van der Waals surface area (Å²) in [6, 6.07) is 0. The van der Waals surface area contributed by atoms with Gasteiger partial charge in [-0.25, -0.2) is 0 Å². The zero-order chi connectivity index (χ0) is 28.7. The molecule has 0 aliphatic heterocycles. The third-order valence-corrected chi connectivity index (χ3v) is 9.73. The van der Waals surface area contributed by atoms with Crippen LogP contribution in [0.15, 0.2) is 12.2 Å². The predicted octanol–water partition coefficient (Wildman–Crippen LogP) is 14.5. The molecule has 2 unspecified atom stereocenters.